The molecule has 0 unspecified atom stereocenters. The smallest absolute Gasteiger partial charge is 0.340 e. The quantitative estimate of drug-likeness (QED) is 0.814. The molecular weight excluding hydrogens is 216 g/mol. The molecule has 0 saturated heterocycles. The summed E-state index contributed by atoms with van der Waals surface area (Å²) in [6, 6.07) is 7.34. The zero-order valence-corrected chi connectivity index (χ0v) is 9.90. The van der Waals surface area contributed by atoms with Crippen molar-refractivity contribution in [2.45, 2.75) is 19.8 Å². The van der Waals surface area contributed by atoms with Crippen LogP contribution in [0.2, 0.25) is 0 Å². The summed E-state index contributed by atoms with van der Waals surface area (Å²) in [5, 5.41) is 3.20. The molecule has 1 aromatic carbocycles. The molecule has 0 radical (unpaired) electrons. The lowest BCUT2D eigenvalue weighted by atomic mass is 10.1. The molecule has 1 heterocycles. The van der Waals surface area contributed by atoms with Gasteiger partial charge in [0.25, 0.3) is 0 Å². The Labute approximate surface area is 101 Å². The lowest BCUT2D eigenvalue weighted by Gasteiger charge is -2.10. The number of aliphatic imine (C=N–C) groups is 1. The second-order valence-electron chi connectivity index (χ2n) is 3.82. The SMILES string of the molecule is CCOC(=O)c1ccccc1NC1=NCCC1. The number of nitrogens with zero attached hydrogens (tertiary/aromatic N) is 1. The molecule has 90 valence electrons. The number of hydrogen-bond acceptors (Lipinski definition) is 4. The van der Waals surface area contributed by atoms with Gasteiger partial charge in [-0.1, -0.05) is 12.1 Å². The van der Waals surface area contributed by atoms with E-state index in [0.717, 1.165) is 30.9 Å². The summed E-state index contributed by atoms with van der Waals surface area (Å²) in [6.45, 7) is 3.05. The van der Waals surface area contributed by atoms with Crippen LogP contribution in [0.15, 0.2) is 29.3 Å². The fourth-order valence-electron chi connectivity index (χ4n) is 1.78. The summed E-state index contributed by atoms with van der Waals surface area (Å²) in [7, 11) is 0. The van der Waals surface area contributed by atoms with Gasteiger partial charge in [-0.15, -0.1) is 0 Å². The fraction of sp³-hybridized carbons (Fsp3) is 0.385. The highest BCUT2D eigenvalue weighted by atomic mass is 16.5. The minimum Gasteiger partial charge on any atom is -0.462 e. The number of hydrogen-bond donors (Lipinski definition) is 1. The van der Waals surface area contributed by atoms with E-state index in [0.29, 0.717) is 12.2 Å². The van der Waals surface area contributed by atoms with Gasteiger partial charge in [-0.3, -0.25) is 4.99 Å². The number of ether oxygens (including phenoxy) is 1. The Kier molecular flexibility index (Phi) is 3.75. The molecule has 0 fully saturated rings. The maximum atomic E-state index is 11.7. The van der Waals surface area contributed by atoms with Crippen LogP contribution < -0.4 is 5.32 Å². The first kappa shape index (κ1) is 11.6. The van der Waals surface area contributed by atoms with Crippen LogP contribution in [0.4, 0.5) is 5.69 Å². The number of nitrogens with one attached hydrogen (secondary N) is 1. The van der Waals surface area contributed by atoms with E-state index in [-0.39, 0.29) is 5.97 Å². The average molecular weight is 232 g/mol. The van der Waals surface area contributed by atoms with Gasteiger partial charge in [0.2, 0.25) is 0 Å². The van der Waals surface area contributed by atoms with Crippen LogP contribution in [-0.4, -0.2) is 25.0 Å². The van der Waals surface area contributed by atoms with Crippen LogP contribution in [0, 0.1) is 0 Å². The van der Waals surface area contributed by atoms with Crippen LogP contribution in [0.1, 0.15) is 30.1 Å². The van der Waals surface area contributed by atoms with Crippen molar-refractivity contribution in [1.29, 1.82) is 0 Å². The van der Waals surface area contributed by atoms with E-state index in [2.05, 4.69) is 10.3 Å². The average Bonchev–Trinajstić information content (AvgIpc) is 2.83. The summed E-state index contributed by atoms with van der Waals surface area (Å²) < 4.78 is 5.01. The van der Waals surface area contributed by atoms with Gasteiger partial charge < -0.3 is 10.1 Å². The van der Waals surface area contributed by atoms with Crippen molar-refractivity contribution in [2.75, 3.05) is 18.5 Å². The molecule has 0 saturated carbocycles. The Bertz CT molecular complexity index is 441. The third-order valence-corrected chi connectivity index (χ3v) is 2.58. The minimum absolute atomic E-state index is 0.297. The number of rotatable bonds is 3. The second kappa shape index (κ2) is 5.48. The highest BCUT2D eigenvalue weighted by molar-refractivity contribution is 6.03. The lowest BCUT2D eigenvalue weighted by molar-refractivity contribution is 0.0527. The van der Waals surface area contributed by atoms with E-state index in [1.807, 2.05) is 18.2 Å². The zero-order valence-electron chi connectivity index (χ0n) is 9.90. The van der Waals surface area contributed by atoms with Crippen molar-refractivity contribution in [3.8, 4) is 0 Å². The summed E-state index contributed by atoms with van der Waals surface area (Å²) in [5.41, 5.74) is 1.33. The first-order valence-electron chi connectivity index (χ1n) is 5.87. The lowest BCUT2D eigenvalue weighted by Crippen LogP contribution is -2.13. The topological polar surface area (TPSA) is 50.7 Å². The molecule has 0 aromatic heterocycles. The molecule has 0 aliphatic carbocycles. The Morgan fingerprint density at radius 1 is 1.47 bits per heavy atom. The van der Waals surface area contributed by atoms with Crippen molar-refractivity contribution in [3.63, 3.8) is 0 Å². The summed E-state index contributed by atoms with van der Waals surface area (Å²) in [4.78, 5) is 16.1. The van der Waals surface area contributed by atoms with Gasteiger partial charge in [-0.25, -0.2) is 4.79 Å². The number of para-hydroxylation sites is 1. The molecule has 4 nitrogen and oxygen atoms in total. The molecule has 0 bridgehead atoms. The summed E-state index contributed by atoms with van der Waals surface area (Å²) >= 11 is 0. The monoisotopic (exact) mass is 232 g/mol. The van der Waals surface area contributed by atoms with Crippen LogP contribution in [0.3, 0.4) is 0 Å². The molecule has 1 aromatic rings. The third-order valence-electron chi connectivity index (χ3n) is 2.58. The standard InChI is InChI=1S/C13H16N2O2/c1-2-17-13(16)10-6-3-4-7-11(10)15-12-8-5-9-14-12/h3-4,6-7H,2,5,8-9H2,1H3,(H,14,15). The molecule has 1 aliphatic rings. The fourth-order valence-corrected chi connectivity index (χ4v) is 1.78. The minimum atomic E-state index is -0.297. The van der Waals surface area contributed by atoms with Gasteiger partial charge in [-0.2, -0.15) is 0 Å². The maximum Gasteiger partial charge on any atom is 0.340 e. The van der Waals surface area contributed by atoms with E-state index in [1.54, 1.807) is 13.0 Å². The predicted molar refractivity (Wildman–Crippen MR) is 67.6 cm³/mol. The van der Waals surface area contributed by atoms with E-state index in [1.165, 1.54) is 0 Å². The normalized spacial score (nSPS) is 14.3. The first-order chi connectivity index (χ1) is 8.31. The van der Waals surface area contributed by atoms with Crippen molar-refractivity contribution < 1.29 is 9.53 Å². The molecule has 1 N–H and O–H groups in total. The largest absolute Gasteiger partial charge is 0.462 e. The Morgan fingerprint density at radius 3 is 3.00 bits per heavy atom. The zero-order chi connectivity index (χ0) is 12.1. The number of esters is 1. The van der Waals surface area contributed by atoms with Crippen LogP contribution in [-0.2, 0) is 4.74 Å². The van der Waals surface area contributed by atoms with Crippen LogP contribution in [0.5, 0.6) is 0 Å². The van der Waals surface area contributed by atoms with Crippen LogP contribution in [0.25, 0.3) is 0 Å². The Morgan fingerprint density at radius 2 is 2.29 bits per heavy atom. The highest BCUT2D eigenvalue weighted by Crippen LogP contribution is 2.18. The van der Waals surface area contributed by atoms with E-state index < -0.39 is 0 Å². The second-order valence-corrected chi connectivity index (χ2v) is 3.82. The van der Waals surface area contributed by atoms with Gasteiger partial charge in [0.15, 0.2) is 0 Å². The molecule has 0 amide bonds. The van der Waals surface area contributed by atoms with Gasteiger partial charge in [0.05, 0.1) is 17.9 Å². The molecular formula is C13H16N2O2. The molecule has 17 heavy (non-hydrogen) atoms. The number of carbonyl (C=O) groups is 1. The number of amidine groups is 1. The highest BCUT2D eigenvalue weighted by Gasteiger charge is 2.14. The van der Waals surface area contributed by atoms with Crippen molar-refractivity contribution in [3.05, 3.63) is 29.8 Å². The number of carbonyl (C=O) groups excluding carboxylic acids is 1. The van der Waals surface area contributed by atoms with E-state index >= 15 is 0 Å². The Hall–Kier alpha value is -1.84. The maximum absolute atomic E-state index is 11.7. The molecule has 4 heteroatoms. The summed E-state index contributed by atoms with van der Waals surface area (Å²) in [6.07, 6.45) is 2.01. The molecule has 0 spiro atoms. The van der Waals surface area contributed by atoms with E-state index in [9.17, 15) is 4.79 Å². The van der Waals surface area contributed by atoms with Crippen molar-refractivity contribution in [2.24, 2.45) is 4.99 Å². The third kappa shape index (κ3) is 2.84. The Balaban J connectivity index is 2.18. The number of benzene rings is 1. The van der Waals surface area contributed by atoms with Crippen molar-refractivity contribution in [1.82, 2.24) is 0 Å². The van der Waals surface area contributed by atoms with Crippen molar-refractivity contribution >= 4 is 17.5 Å². The summed E-state index contributed by atoms with van der Waals surface area (Å²) in [5.74, 6) is 0.649. The number of anilines is 1. The molecule has 0 atom stereocenters. The van der Waals surface area contributed by atoms with Gasteiger partial charge in [0, 0.05) is 13.0 Å². The first-order valence-corrected chi connectivity index (χ1v) is 5.87. The predicted octanol–water partition coefficient (Wildman–Crippen LogP) is 2.47. The van der Waals surface area contributed by atoms with Gasteiger partial charge in [-0.05, 0) is 25.5 Å². The van der Waals surface area contributed by atoms with Gasteiger partial charge >= 0.3 is 5.97 Å². The molecule has 1 aliphatic heterocycles. The van der Waals surface area contributed by atoms with Crippen LogP contribution >= 0.6 is 0 Å². The molecule has 2 rings (SSSR count). The van der Waals surface area contributed by atoms with Gasteiger partial charge in [0.1, 0.15) is 5.84 Å². The van der Waals surface area contributed by atoms with E-state index in [4.69, 9.17) is 4.74 Å².